The number of halogens is 1. The molecule has 2 rings (SSSR count). The average Bonchev–Trinajstić information content (AvgIpc) is 2.42. The van der Waals surface area contributed by atoms with Crippen LogP contribution in [0.4, 0.5) is 0 Å². The number of benzene rings is 1. The minimum Gasteiger partial charge on any atom is -0.492 e. The Morgan fingerprint density at radius 2 is 2.05 bits per heavy atom. The lowest BCUT2D eigenvalue weighted by atomic mass is 10.1. The van der Waals surface area contributed by atoms with E-state index >= 15 is 0 Å². The molecule has 0 saturated carbocycles. The lowest BCUT2D eigenvalue weighted by Crippen LogP contribution is -2.35. The summed E-state index contributed by atoms with van der Waals surface area (Å²) in [5.41, 5.74) is 1.19. The topological polar surface area (TPSA) is 41.9 Å². The molecule has 0 bridgehead atoms. The van der Waals surface area contributed by atoms with Crippen LogP contribution in [0.1, 0.15) is 25.3 Å². The van der Waals surface area contributed by atoms with Crippen LogP contribution in [0.2, 0.25) is 0 Å². The summed E-state index contributed by atoms with van der Waals surface area (Å²) in [6, 6.07) is 4.12. The second-order valence-corrected chi connectivity index (χ2v) is 5.90. The van der Waals surface area contributed by atoms with Crippen molar-refractivity contribution in [3.63, 3.8) is 0 Å². The lowest BCUT2D eigenvalue weighted by molar-refractivity contribution is 0.0792. The molecule has 1 heterocycles. The Hall–Kier alpha value is -0.780. The molecule has 0 spiro atoms. The van der Waals surface area contributed by atoms with E-state index in [-0.39, 0.29) is 6.10 Å². The monoisotopic (exact) mass is 343 g/mol. The van der Waals surface area contributed by atoms with E-state index in [0.717, 1.165) is 48.4 Å². The van der Waals surface area contributed by atoms with Gasteiger partial charge in [-0.15, -0.1) is 0 Å². The van der Waals surface area contributed by atoms with Gasteiger partial charge >= 0.3 is 0 Å². The molecule has 5 heteroatoms. The van der Waals surface area contributed by atoms with Crippen molar-refractivity contribution >= 4 is 15.9 Å². The van der Waals surface area contributed by atoms with Gasteiger partial charge < -0.3 is 14.6 Å². The van der Waals surface area contributed by atoms with Gasteiger partial charge in [0.2, 0.25) is 0 Å². The van der Waals surface area contributed by atoms with E-state index in [4.69, 9.17) is 9.47 Å². The highest BCUT2D eigenvalue weighted by Gasteiger charge is 2.18. The first kappa shape index (κ1) is 15.6. The molecule has 1 aromatic carbocycles. The molecule has 4 nitrogen and oxygen atoms in total. The second kappa shape index (κ2) is 7.29. The fourth-order valence-corrected chi connectivity index (χ4v) is 3.16. The molecule has 20 heavy (non-hydrogen) atoms. The molecule has 0 aromatic heterocycles. The average molecular weight is 344 g/mol. The molecule has 0 atom stereocenters. The molecular weight excluding hydrogens is 322 g/mol. The minimum absolute atomic E-state index is 0.132. The van der Waals surface area contributed by atoms with Crippen molar-refractivity contribution in [3.8, 4) is 11.5 Å². The van der Waals surface area contributed by atoms with Crippen molar-refractivity contribution in [1.29, 1.82) is 0 Å². The van der Waals surface area contributed by atoms with Crippen LogP contribution in [0.5, 0.6) is 11.5 Å². The maximum Gasteiger partial charge on any atom is 0.174 e. The van der Waals surface area contributed by atoms with Gasteiger partial charge in [-0.2, -0.15) is 0 Å². The van der Waals surface area contributed by atoms with Gasteiger partial charge in [-0.1, -0.05) is 0 Å². The molecule has 0 aliphatic carbocycles. The van der Waals surface area contributed by atoms with Crippen LogP contribution in [0, 0.1) is 0 Å². The number of likely N-dealkylation sites (tertiary alicyclic amines) is 1. The third-order valence-corrected chi connectivity index (χ3v) is 4.13. The third-order valence-electron chi connectivity index (χ3n) is 3.54. The van der Waals surface area contributed by atoms with E-state index in [1.807, 2.05) is 13.0 Å². The first-order valence-corrected chi connectivity index (χ1v) is 7.83. The van der Waals surface area contributed by atoms with Gasteiger partial charge in [0.05, 0.1) is 24.3 Å². The Labute approximate surface area is 128 Å². The first-order valence-electron chi connectivity index (χ1n) is 7.03. The van der Waals surface area contributed by atoms with Crippen molar-refractivity contribution in [3.05, 3.63) is 22.2 Å². The predicted octanol–water partition coefficient (Wildman–Crippen LogP) is 2.81. The van der Waals surface area contributed by atoms with Crippen LogP contribution in [-0.2, 0) is 6.54 Å². The molecule has 1 aliphatic rings. The SMILES string of the molecule is CCOc1cc(CN2CCC(O)CC2)cc(Br)c1OC. The fourth-order valence-electron chi connectivity index (χ4n) is 2.51. The Morgan fingerprint density at radius 3 is 2.65 bits per heavy atom. The highest BCUT2D eigenvalue weighted by atomic mass is 79.9. The molecule has 0 amide bonds. The molecule has 1 aromatic rings. The molecule has 112 valence electrons. The minimum atomic E-state index is -0.132. The van der Waals surface area contributed by atoms with Crippen LogP contribution in [0.3, 0.4) is 0 Å². The highest BCUT2D eigenvalue weighted by Crippen LogP contribution is 2.37. The molecule has 1 aliphatic heterocycles. The van der Waals surface area contributed by atoms with E-state index in [1.54, 1.807) is 7.11 Å². The zero-order valence-electron chi connectivity index (χ0n) is 12.1. The van der Waals surface area contributed by atoms with Gasteiger partial charge in [0.25, 0.3) is 0 Å². The molecule has 1 N–H and O–H groups in total. The van der Waals surface area contributed by atoms with E-state index in [0.29, 0.717) is 6.61 Å². The van der Waals surface area contributed by atoms with E-state index in [1.165, 1.54) is 5.56 Å². The third kappa shape index (κ3) is 3.87. The number of hydrogen-bond acceptors (Lipinski definition) is 4. The summed E-state index contributed by atoms with van der Waals surface area (Å²) in [5, 5.41) is 9.55. The fraction of sp³-hybridized carbons (Fsp3) is 0.600. The summed E-state index contributed by atoms with van der Waals surface area (Å²) in [6.45, 7) is 5.33. The van der Waals surface area contributed by atoms with Crippen LogP contribution in [0.25, 0.3) is 0 Å². The van der Waals surface area contributed by atoms with E-state index < -0.39 is 0 Å². The van der Waals surface area contributed by atoms with Crippen LogP contribution in [-0.4, -0.2) is 42.9 Å². The highest BCUT2D eigenvalue weighted by molar-refractivity contribution is 9.10. The van der Waals surface area contributed by atoms with Crippen LogP contribution >= 0.6 is 15.9 Å². The summed E-state index contributed by atoms with van der Waals surface area (Å²) < 4.78 is 11.9. The summed E-state index contributed by atoms with van der Waals surface area (Å²) in [7, 11) is 1.65. The zero-order chi connectivity index (χ0) is 14.5. The Kier molecular flexibility index (Phi) is 5.69. The summed E-state index contributed by atoms with van der Waals surface area (Å²) >= 11 is 3.54. The first-order chi connectivity index (χ1) is 9.63. The van der Waals surface area contributed by atoms with Crippen LogP contribution < -0.4 is 9.47 Å². The van der Waals surface area contributed by atoms with Gasteiger partial charge in [0.15, 0.2) is 11.5 Å². The van der Waals surface area contributed by atoms with Gasteiger partial charge in [0, 0.05) is 19.6 Å². The van der Waals surface area contributed by atoms with Gasteiger partial charge in [-0.05, 0) is 53.4 Å². The molecule has 1 fully saturated rings. The van der Waals surface area contributed by atoms with Gasteiger partial charge in [-0.25, -0.2) is 0 Å². The smallest absolute Gasteiger partial charge is 0.174 e. The van der Waals surface area contributed by atoms with Crippen molar-refractivity contribution < 1.29 is 14.6 Å². The maximum atomic E-state index is 9.55. The number of aliphatic hydroxyl groups excluding tert-OH is 1. The second-order valence-electron chi connectivity index (χ2n) is 5.05. The van der Waals surface area contributed by atoms with Gasteiger partial charge in [0.1, 0.15) is 0 Å². The normalized spacial score (nSPS) is 17.2. The molecular formula is C15H22BrNO3. The van der Waals surface area contributed by atoms with Crippen LogP contribution in [0.15, 0.2) is 16.6 Å². The number of hydrogen-bond donors (Lipinski definition) is 1. The summed E-state index contributed by atoms with van der Waals surface area (Å²) in [5.74, 6) is 1.51. The molecule has 0 radical (unpaired) electrons. The van der Waals surface area contributed by atoms with Crippen molar-refractivity contribution in [2.75, 3.05) is 26.8 Å². The lowest BCUT2D eigenvalue weighted by Gasteiger charge is -2.29. The standard InChI is InChI=1S/C15H22BrNO3/c1-3-20-14-9-11(8-13(16)15(14)19-2)10-17-6-4-12(18)5-7-17/h8-9,12,18H,3-7,10H2,1-2H3. The molecule has 1 saturated heterocycles. The Balaban J connectivity index is 2.11. The maximum absolute atomic E-state index is 9.55. The predicted molar refractivity (Wildman–Crippen MR) is 82.4 cm³/mol. The van der Waals surface area contributed by atoms with Gasteiger partial charge in [-0.3, -0.25) is 4.90 Å². The Morgan fingerprint density at radius 1 is 1.35 bits per heavy atom. The molecule has 0 unspecified atom stereocenters. The van der Waals surface area contributed by atoms with Crippen molar-refractivity contribution in [2.45, 2.75) is 32.4 Å². The summed E-state index contributed by atoms with van der Waals surface area (Å²) in [4.78, 5) is 2.36. The van der Waals surface area contributed by atoms with E-state index in [9.17, 15) is 5.11 Å². The van der Waals surface area contributed by atoms with Crippen molar-refractivity contribution in [1.82, 2.24) is 4.90 Å². The number of nitrogens with zero attached hydrogens (tertiary/aromatic N) is 1. The number of aliphatic hydroxyl groups is 1. The Bertz CT molecular complexity index is 445. The quantitative estimate of drug-likeness (QED) is 0.892. The number of ether oxygens (including phenoxy) is 2. The van der Waals surface area contributed by atoms with E-state index in [2.05, 4.69) is 26.9 Å². The summed E-state index contributed by atoms with van der Waals surface area (Å²) in [6.07, 6.45) is 1.58. The zero-order valence-corrected chi connectivity index (χ0v) is 13.6. The number of methoxy groups -OCH3 is 1. The van der Waals surface area contributed by atoms with Crippen molar-refractivity contribution in [2.24, 2.45) is 0 Å². The largest absolute Gasteiger partial charge is 0.492 e. The number of rotatable bonds is 5. The number of piperidine rings is 1.